The molecular weight excluding hydrogens is 236 g/mol. The molecule has 1 unspecified atom stereocenters. The lowest BCUT2D eigenvalue weighted by Crippen LogP contribution is -2.14. The van der Waals surface area contributed by atoms with Crippen molar-refractivity contribution in [3.05, 3.63) is 60.2 Å². The van der Waals surface area contributed by atoms with Gasteiger partial charge >= 0.3 is 0 Å². The van der Waals surface area contributed by atoms with Crippen molar-refractivity contribution < 1.29 is 9.47 Å². The van der Waals surface area contributed by atoms with Crippen molar-refractivity contribution >= 4 is 0 Å². The van der Waals surface area contributed by atoms with E-state index < -0.39 is 0 Å². The zero-order chi connectivity index (χ0) is 13.7. The van der Waals surface area contributed by atoms with Gasteiger partial charge in [-0.15, -0.1) is 0 Å². The SMILES string of the molecule is COc1ccc(C(Oc2ccccc2)C(C)C)cc1. The summed E-state index contributed by atoms with van der Waals surface area (Å²) in [7, 11) is 1.68. The van der Waals surface area contributed by atoms with Gasteiger partial charge in [-0.1, -0.05) is 44.2 Å². The van der Waals surface area contributed by atoms with E-state index >= 15 is 0 Å². The molecule has 2 rings (SSSR count). The minimum Gasteiger partial charge on any atom is -0.497 e. The van der Waals surface area contributed by atoms with Gasteiger partial charge in [-0.2, -0.15) is 0 Å². The molecule has 2 aromatic rings. The predicted octanol–water partition coefficient (Wildman–Crippen LogP) is 4.47. The van der Waals surface area contributed by atoms with Gasteiger partial charge in [-0.05, 0) is 35.7 Å². The van der Waals surface area contributed by atoms with Crippen molar-refractivity contribution in [2.75, 3.05) is 7.11 Å². The molecule has 0 saturated heterocycles. The van der Waals surface area contributed by atoms with Crippen LogP contribution in [-0.4, -0.2) is 7.11 Å². The van der Waals surface area contributed by atoms with Crippen LogP contribution in [0.3, 0.4) is 0 Å². The lowest BCUT2D eigenvalue weighted by Gasteiger charge is -2.23. The highest BCUT2D eigenvalue weighted by Gasteiger charge is 2.17. The Morgan fingerprint density at radius 2 is 1.42 bits per heavy atom. The summed E-state index contributed by atoms with van der Waals surface area (Å²) in [6.45, 7) is 4.33. The topological polar surface area (TPSA) is 18.5 Å². The maximum atomic E-state index is 6.09. The summed E-state index contributed by atoms with van der Waals surface area (Å²) < 4.78 is 11.3. The first-order valence-corrected chi connectivity index (χ1v) is 6.56. The third-order valence-electron chi connectivity index (χ3n) is 3.06. The number of rotatable bonds is 5. The highest BCUT2D eigenvalue weighted by atomic mass is 16.5. The number of hydrogen-bond acceptors (Lipinski definition) is 2. The van der Waals surface area contributed by atoms with E-state index in [1.165, 1.54) is 5.56 Å². The van der Waals surface area contributed by atoms with Crippen LogP contribution in [0.25, 0.3) is 0 Å². The lowest BCUT2D eigenvalue weighted by molar-refractivity contribution is 0.153. The Hall–Kier alpha value is -1.96. The largest absolute Gasteiger partial charge is 0.497 e. The Bertz CT molecular complexity index is 488. The number of hydrogen-bond donors (Lipinski definition) is 0. The van der Waals surface area contributed by atoms with Crippen LogP contribution in [0.1, 0.15) is 25.5 Å². The second kappa shape index (κ2) is 6.28. The lowest BCUT2D eigenvalue weighted by atomic mass is 9.99. The molecule has 2 aromatic carbocycles. The quantitative estimate of drug-likeness (QED) is 0.785. The third-order valence-corrected chi connectivity index (χ3v) is 3.06. The Balaban J connectivity index is 2.19. The molecule has 0 amide bonds. The summed E-state index contributed by atoms with van der Waals surface area (Å²) in [6, 6.07) is 18.0. The van der Waals surface area contributed by atoms with Crippen LogP contribution in [-0.2, 0) is 0 Å². The average Bonchev–Trinajstić information content (AvgIpc) is 2.46. The molecule has 1 atom stereocenters. The fraction of sp³-hybridized carbons (Fsp3) is 0.294. The van der Waals surface area contributed by atoms with Gasteiger partial charge in [0, 0.05) is 0 Å². The van der Waals surface area contributed by atoms with E-state index in [2.05, 4.69) is 26.0 Å². The van der Waals surface area contributed by atoms with Crippen molar-refractivity contribution in [3.63, 3.8) is 0 Å². The first-order chi connectivity index (χ1) is 9.20. The van der Waals surface area contributed by atoms with Crippen LogP contribution >= 0.6 is 0 Å². The smallest absolute Gasteiger partial charge is 0.126 e. The molecule has 0 heterocycles. The monoisotopic (exact) mass is 256 g/mol. The highest BCUT2D eigenvalue weighted by Crippen LogP contribution is 2.29. The number of methoxy groups -OCH3 is 1. The molecule has 0 aliphatic carbocycles. The molecule has 0 fully saturated rings. The number of para-hydroxylation sites is 1. The fourth-order valence-corrected chi connectivity index (χ4v) is 2.03. The van der Waals surface area contributed by atoms with Crippen LogP contribution < -0.4 is 9.47 Å². The van der Waals surface area contributed by atoms with Crippen molar-refractivity contribution in [2.24, 2.45) is 5.92 Å². The Labute approximate surface area is 115 Å². The van der Waals surface area contributed by atoms with Crippen LogP contribution in [0.2, 0.25) is 0 Å². The van der Waals surface area contributed by atoms with Gasteiger partial charge in [0.15, 0.2) is 0 Å². The summed E-state index contributed by atoms with van der Waals surface area (Å²) in [6.07, 6.45) is 0.0494. The van der Waals surface area contributed by atoms with Crippen molar-refractivity contribution in [3.8, 4) is 11.5 Å². The Kier molecular flexibility index (Phi) is 4.45. The Morgan fingerprint density at radius 1 is 0.789 bits per heavy atom. The molecule has 100 valence electrons. The molecule has 0 radical (unpaired) electrons. The van der Waals surface area contributed by atoms with E-state index in [0.29, 0.717) is 5.92 Å². The highest BCUT2D eigenvalue weighted by molar-refractivity contribution is 5.30. The maximum absolute atomic E-state index is 6.09. The molecule has 0 saturated carbocycles. The minimum atomic E-state index is 0.0494. The van der Waals surface area contributed by atoms with E-state index in [1.807, 2.05) is 42.5 Å². The van der Waals surface area contributed by atoms with Crippen LogP contribution in [0, 0.1) is 5.92 Å². The summed E-state index contributed by atoms with van der Waals surface area (Å²) in [5.74, 6) is 2.16. The Morgan fingerprint density at radius 3 is 1.95 bits per heavy atom. The van der Waals surface area contributed by atoms with Gasteiger partial charge in [0.1, 0.15) is 17.6 Å². The zero-order valence-corrected chi connectivity index (χ0v) is 11.7. The predicted molar refractivity (Wildman–Crippen MR) is 77.6 cm³/mol. The second-order valence-corrected chi connectivity index (χ2v) is 4.87. The van der Waals surface area contributed by atoms with Crippen LogP contribution in [0.15, 0.2) is 54.6 Å². The first kappa shape index (κ1) is 13.5. The standard InChI is InChI=1S/C17H20O2/c1-13(2)17(19-16-7-5-4-6-8-16)14-9-11-15(18-3)12-10-14/h4-13,17H,1-3H3. The number of benzene rings is 2. The fourth-order valence-electron chi connectivity index (χ4n) is 2.03. The molecule has 0 bridgehead atoms. The van der Waals surface area contributed by atoms with Gasteiger partial charge in [0.2, 0.25) is 0 Å². The van der Waals surface area contributed by atoms with E-state index in [9.17, 15) is 0 Å². The minimum absolute atomic E-state index is 0.0494. The maximum Gasteiger partial charge on any atom is 0.126 e. The molecule has 2 heteroatoms. The average molecular weight is 256 g/mol. The van der Waals surface area contributed by atoms with Gasteiger partial charge < -0.3 is 9.47 Å². The molecule has 0 aromatic heterocycles. The molecule has 0 spiro atoms. The first-order valence-electron chi connectivity index (χ1n) is 6.56. The van der Waals surface area contributed by atoms with Crippen molar-refractivity contribution in [1.29, 1.82) is 0 Å². The van der Waals surface area contributed by atoms with E-state index in [1.54, 1.807) is 7.11 Å². The zero-order valence-electron chi connectivity index (χ0n) is 11.7. The van der Waals surface area contributed by atoms with Crippen LogP contribution in [0.5, 0.6) is 11.5 Å². The van der Waals surface area contributed by atoms with Gasteiger partial charge in [-0.3, -0.25) is 0 Å². The normalized spacial score (nSPS) is 12.2. The van der Waals surface area contributed by atoms with E-state index in [-0.39, 0.29) is 6.10 Å². The van der Waals surface area contributed by atoms with Crippen LogP contribution in [0.4, 0.5) is 0 Å². The van der Waals surface area contributed by atoms with Gasteiger partial charge in [0.25, 0.3) is 0 Å². The molecule has 19 heavy (non-hydrogen) atoms. The summed E-state index contributed by atoms with van der Waals surface area (Å²) >= 11 is 0. The van der Waals surface area contributed by atoms with E-state index in [0.717, 1.165) is 11.5 Å². The molecule has 0 aliphatic heterocycles. The molecule has 2 nitrogen and oxygen atoms in total. The molecular formula is C17H20O2. The third kappa shape index (κ3) is 3.50. The summed E-state index contributed by atoms with van der Waals surface area (Å²) in [5, 5.41) is 0. The van der Waals surface area contributed by atoms with E-state index in [4.69, 9.17) is 9.47 Å². The number of ether oxygens (including phenoxy) is 2. The van der Waals surface area contributed by atoms with Crippen molar-refractivity contribution in [2.45, 2.75) is 20.0 Å². The molecule has 0 aliphatic rings. The summed E-state index contributed by atoms with van der Waals surface area (Å²) in [5.41, 5.74) is 1.17. The molecule has 0 N–H and O–H groups in total. The van der Waals surface area contributed by atoms with Gasteiger partial charge in [-0.25, -0.2) is 0 Å². The second-order valence-electron chi connectivity index (χ2n) is 4.87. The summed E-state index contributed by atoms with van der Waals surface area (Å²) in [4.78, 5) is 0. The van der Waals surface area contributed by atoms with Crippen molar-refractivity contribution in [1.82, 2.24) is 0 Å². The van der Waals surface area contributed by atoms with Gasteiger partial charge in [0.05, 0.1) is 7.11 Å².